The Morgan fingerprint density at radius 1 is 1.39 bits per heavy atom. The van der Waals surface area contributed by atoms with E-state index in [0.717, 1.165) is 7.11 Å². The Kier molecular flexibility index (Phi) is 5.60. The van der Waals surface area contributed by atoms with E-state index in [1.165, 1.54) is 6.92 Å². The number of aromatic nitrogens is 1. The standard InChI is InChI=1S/C12H11F3N2O6/c1-3-23-9(18)5-7-6(12(13,14)15)4-8(17(20)21)10(16-7)11(19)22-2/h4H,3,5H2,1-2H3. The maximum absolute atomic E-state index is 13.0. The van der Waals surface area contributed by atoms with Crippen molar-refractivity contribution in [1.29, 1.82) is 0 Å². The highest BCUT2D eigenvalue weighted by molar-refractivity contribution is 5.92. The summed E-state index contributed by atoms with van der Waals surface area (Å²) >= 11 is 0. The van der Waals surface area contributed by atoms with Crippen LogP contribution in [0.4, 0.5) is 18.9 Å². The zero-order chi connectivity index (χ0) is 17.8. The highest BCUT2D eigenvalue weighted by atomic mass is 19.4. The van der Waals surface area contributed by atoms with E-state index in [9.17, 15) is 32.9 Å². The van der Waals surface area contributed by atoms with E-state index in [-0.39, 0.29) is 12.7 Å². The molecule has 0 aliphatic heterocycles. The van der Waals surface area contributed by atoms with Crippen LogP contribution in [0.15, 0.2) is 6.07 Å². The molecule has 0 atom stereocenters. The number of nitro groups is 1. The number of pyridine rings is 1. The van der Waals surface area contributed by atoms with Crippen molar-refractivity contribution in [3.8, 4) is 0 Å². The van der Waals surface area contributed by atoms with Crippen molar-refractivity contribution in [2.45, 2.75) is 19.5 Å². The molecule has 126 valence electrons. The summed E-state index contributed by atoms with van der Waals surface area (Å²) in [4.78, 5) is 35.8. The third-order valence-electron chi connectivity index (χ3n) is 2.58. The first-order valence-electron chi connectivity index (χ1n) is 6.11. The Morgan fingerprint density at radius 3 is 2.43 bits per heavy atom. The van der Waals surface area contributed by atoms with Gasteiger partial charge in [0.05, 0.1) is 36.3 Å². The van der Waals surface area contributed by atoms with Gasteiger partial charge < -0.3 is 9.47 Å². The van der Waals surface area contributed by atoms with Crippen LogP contribution in [0.3, 0.4) is 0 Å². The van der Waals surface area contributed by atoms with E-state index in [1.807, 2.05) is 0 Å². The number of ether oxygens (including phenoxy) is 2. The topological polar surface area (TPSA) is 109 Å². The molecule has 1 rings (SSSR count). The summed E-state index contributed by atoms with van der Waals surface area (Å²) in [5.74, 6) is -2.31. The van der Waals surface area contributed by atoms with E-state index >= 15 is 0 Å². The summed E-state index contributed by atoms with van der Waals surface area (Å²) in [7, 11) is 0.885. The lowest BCUT2D eigenvalue weighted by molar-refractivity contribution is -0.385. The number of carbonyl (C=O) groups is 2. The maximum atomic E-state index is 13.0. The summed E-state index contributed by atoms with van der Waals surface area (Å²) in [6, 6.07) is 0.147. The summed E-state index contributed by atoms with van der Waals surface area (Å²) in [5, 5.41) is 10.9. The third-order valence-corrected chi connectivity index (χ3v) is 2.58. The molecule has 0 saturated heterocycles. The number of esters is 2. The van der Waals surface area contributed by atoms with Crippen LogP contribution in [0.2, 0.25) is 0 Å². The fourth-order valence-electron chi connectivity index (χ4n) is 1.66. The molecule has 23 heavy (non-hydrogen) atoms. The fourth-order valence-corrected chi connectivity index (χ4v) is 1.66. The Morgan fingerprint density at radius 2 is 2.00 bits per heavy atom. The first-order chi connectivity index (χ1) is 10.6. The van der Waals surface area contributed by atoms with Gasteiger partial charge in [0.15, 0.2) is 0 Å². The second-order valence-corrected chi connectivity index (χ2v) is 4.08. The van der Waals surface area contributed by atoms with E-state index in [0.29, 0.717) is 0 Å². The van der Waals surface area contributed by atoms with Crippen LogP contribution in [0, 0.1) is 10.1 Å². The lowest BCUT2D eigenvalue weighted by atomic mass is 10.1. The maximum Gasteiger partial charge on any atom is 0.418 e. The molecule has 0 spiro atoms. The molecule has 0 bridgehead atoms. The van der Waals surface area contributed by atoms with Gasteiger partial charge in [-0.25, -0.2) is 9.78 Å². The molecule has 0 unspecified atom stereocenters. The molecule has 0 aromatic carbocycles. The largest absolute Gasteiger partial charge is 0.466 e. The van der Waals surface area contributed by atoms with Gasteiger partial charge in [-0.2, -0.15) is 13.2 Å². The van der Waals surface area contributed by atoms with Gasteiger partial charge in [0, 0.05) is 6.07 Å². The average molecular weight is 336 g/mol. The number of methoxy groups -OCH3 is 1. The molecule has 0 radical (unpaired) electrons. The zero-order valence-electron chi connectivity index (χ0n) is 12.0. The van der Waals surface area contributed by atoms with Gasteiger partial charge in [-0.1, -0.05) is 0 Å². The van der Waals surface area contributed by atoms with Crippen molar-refractivity contribution in [2.24, 2.45) is 0 Å². The molecule has 1 aromatic heterocycles. The highest BCUT2D eigenvalue weighted by Crippen LogP contribution is 2.35. The van der Waals surface area contributed by atoms with Gasteiger partial charge in [0.2, 0.25) is 5.69 Å². The second kappa shape index (κ2) is 7.03. The van der Waals surface area contributed by atoms with Gasteiger partial charge in [-0.3, -0.25) is 14.9 Å². The van der Waals surface area contributed by atoms with Gasteiger partial charge in [0.25, 0.3) is 0 Å². The third kappa shape index (κ3) is 4.37. The second-order valence-electron chi connectivity index (χ2n) is 4.08. The number of alkyl halides is 3. The molecule has 1 aromatic rings. The van der Waals surface area contributed by atoms with Gasteiger partial charge in [0.1, 0.15) is 0 Å². The molecule has 0 aliphatic rings. The number of rotatable bonds is 5. The van der Waals surface area contributed by atoms with Crippen LogP contribution < -0.4 is 0 Å². The normalized spacial score (nSPS) is 11.0. The van der Waals surface area contributed by atoms with Crippen molar-refractivity contribution < 1.29 is 37.2 Å². The van der Waals surface area contributed by atoms with Gasteiger partial charge in [-0.15, -0.1) is 0 Å². The minimum absolute atomic E-state index is 0.0724. The van der Waals surface area contributed by atoms with Crippen molar-refractivity contribution in [2.75, 3.05) is 13.7 Å². The predicted molar refractivity (Wildman–Crippen MR) is 67.6 cm³/mol. The summed E-state index contributed by atoms with van der Waals surface area (Å²) in [6.07, 6.45) is -5.90. The number of halogens is 3. The first-order valence-corrected chi connectivity index (χ1v) is 6.11. The quantitative estimate of drug-likeness (QED) is 0.459. The predicted octanol–water partition coefficient (Wildman–Crippen LogP) is 1.90. The minimum atomic E-state index is -5.01. The number of nitrogens with zero attached hydrogens (tertiary/aromatic N) is 2. The van der Waals surface area contributed by atoms with Crippen molar-refractivity contribution >= 4 is 17.6 Å². The zero-order valence-corrected chi connectivity index (χ0v) is 12.0. The lowest BCUT2D eigenvalue weighted by Crippen LogP contribution is -2.19. The molecule has 0 saturated carbocycles. The molecule has 1 heterocycles. The van der Waals surface area contributed by atoms with E-state index in [4.69, 9.17) is 0 Å². The molecule has 0 N–H and O–H groups in total. The van der Waals surface area contributed by atoms with Crippen LogP contribution >= 0.6 is 0 Å². The summed E-state index contributed by atoms with van der Waals surface area (Å²) in [5.41, 5.74) is -4.45. The van der Waals surface area contributed by atoms with Crippen LogP contribution in [0.1, 0.15) is 28.7 Å². The van der Waals surface area contributed by atoms with E-state index in [1.54, 1.807) is 0 Å². The Bertz CT molecular complexity index is 644. The molecule has 0 aliphatic carbocycles. The molecule has 11 heteroatoms. The molecule has 0 fully saturated rings. The lowest BCUT2D eigenvalue weighted by Gasteiger charge is -2.13. The summed E-state index contributed by atoms with van der Waals surface area (Å²) < 4.78 is 47.8. The van der Waals surface area contributed by atoms with Crippen molar-refractivity contribution in [3.05, 3.63) is 33.1 Å². The highest BCUT2D eigenvalue weighted by Gasteiger charge is 2.39. The molecule has 0 amide bonds. The first kappa shape index (κ1) is 18.3. The average Bonchev–Trinajstić information content (AvgIpc) is 2.44. The Hall–Kier alpha value is -2.72. The smallest absolute Gasteiger partial charge is 0.418 e. The number of carbonyl (C=O) groups excluding carboxylic acids is 2. The fraction of sp³-hybridized carbons (Fsp3) is 0.417. The van der Waals surface area contributed by atoms with E-state index in [2.05, 4.69) is 14.5 Å². The molecular formula is C12H11F3N2O6. The molecule has 8 nitrogen and oxygen atoms in total. The van der Waals surface area contributed by atoms with Crippen LogP contribution in [0.25, 0.3) is 0 Å². The Balaban J connectivity index is 3.54. The van der Waals surface area contributed by atoms with Crippen LogP contribution in [-0.4, -0.2) is 35.6 Å². The van der Waals surface area contributed by atoms with Gasteiger partial charge >= 0.3 is 23.8 Å². The number of hydrogen-bond donors (Lipinski definition) is 0. The van der Waals surface area contributed by atoms with Gasteiger partial charge in [-0.05, 0) is 6.92 Å². The van der Waals surface area contributed by atoms with E-state index < -0.39 is 52.1 Å². The SMILES string of the molecule is CCOC(=O)Cc1nc(C(=O)OC)c([N+](=O)[O-])cc1C(F)(F)F. The minimum Gasteiger partial charge on any atom is -0.466 e. The Labute approximate surface area is 127 Å². The van der Waals surface area contributed by atoms with Crippen LogP contribution in [-0.2, 0) is 26.9 Å². The van der Waals surface area contributed by atoms with Crippen molar-refractivity contribution in [3.63, 3.8) is 0 Å². The van der Waals surface area contributed by atoms with Crippen molar-refractivity contribution in [1.82, 2.24) is 4.98 Å². The molecular weight excluding hydrogens is 325 g/mol. The monoisotopic (exact) mass is 336 g/mol. The number of hydrogen-bond acceptors (Lipinski definition) is 7. The summed E-state index contributed by atoms with van der Waals surface area (Å²) in [6.45, 7) is 1.38. The van der Waals surface area contributed by atoms with Crippen LogP contribution in [0.5, 0.6) is 0 Å².